The van der Waals surface area contributed by atoms with Crippen molar-refractivity contribution in [1.29, 1.82) is 0 Å². The lowest BCUT2D eigenvalue weighted by atomic mass is 10.2. The van der Waals surface area contributed by atoms with Crippen LogP contribution in [0.4, 0.5) is 5.69 Å². The Kier molecular flexibility index (Phi) is 5.07. The van der Waals surface area contributed by atoms with Crippen LogP contribution in [-0.2, 0) is 4.79 Å². The monoisotopic (exact) mass is 235 g/mol. The quantitative estimate of drug-likeness (QED) is 0.587. The highest BCUT2D eigenvalue weighted by Crippen LogP contribution is 2.14. The summed E-state index contributed by atoms with van der Waals surface area (Å²) in [6.45, 7) is 2.30. The average Bonchev–Trinajstić information content (AvgIpc) is 2.35. The van der Waals surface area contributed by atoms with Gasteiger partial charge in [-0.05, 0) is 37.6 Å². The number of nitrogens with one attached hydrogen (secondary N) is 1. The number of carboxylic acid groups (broad SMARTS) is 1. The fourth-order valence-corrected chi connectivity index (χ4v) is 1.30. The summed E-state index contributed by atoms with van der Waals surface area (Å²) in [5.41, 5.74) is 1.37. The SMILES string of the molecule is COc1ccc(NCC/C=C(\C)C(=O)O)cc1. The van der Waals surface area contributed by atoms with Crippen molar-refractivity contribution in [1.82, 2.24) is 0 Å². The van der Waals surface area contributed by atoms with E-state index in [2.05, 4.69) is 5.32 Å². The summed E-state index contributed by atoms with van der Waals surface area (Å²) >= 11 is 0. The van der Waals surface area contributed by atoms with Crippen molar-refractivity contribution in [2.45, 2.75) is 13.3 Å². The van der Waals surface area contributed by atoms with E-state index in [1.54, 1.807) is 20.1 Å². The minimum absolute atomic E-state index is 0.376. The summed E-state index contributed by atoms with van der Waals surface area (Å²) in [6.07, 6.45) is 2.39. The van der Waals surface area contributed by atoms with Gasteiger partial charge in [-0.3, -0.25) is 0 Å². The minimum atomic E-state index is -0.866. The molecule has 0 bridgehead atoms. The van der Waals surface area contributed by atoms with Crippen molar-refractivity contribution in [2.75, 3.05) is 19.0 Å². The molecule has 0 spiro atoms. The summed E-state index contributed by atoms with van der Waals surface area (Å²) in [5, 5.41) is 11.9. The van der Waals surface area contributed by atoms with Gasteiger partial charge in [-0.25, -0.2) is 4.79 Å². The molecule has 1 aromatic rings. The van der Waals surface area contributed by atoms with Gasteiger partial charge in [0.25, 0.3) is 0 Å². The number of rotatable bonds is 6. The van der Waals surface area contributed by atoms with E-state index in [-0.39, 0.29) is 0 Å². The van der Waals surface area contributed by atoms with Crippen LogP contribution in [0.1, 0.15) is 13.3 Å². The molecule has 2 N–H and O–H groups in total. The molecule has 92 valence electrons. The Hall–Kier alpha value is -1.97. The molecule has 0 heterocycles. The first-order valence-corrected chi connectivity index (χ1v) is 5.41. The maximum atomic E-state index is 10.5. The number of carboxylic acids is 1. The number of carbonyl (C=O) groups is 1. The largest absolute Gasteiger partial charge is 0.497 e. The Balaban J connectivity index is 2.36. The van der Waals surface area contributed by atoms with E-state index < -0.39 is 5.97 Å². The Morgan fingerprint density at radius 2 is 2.06 bits per heavy atom. The van der Waals surface area contributed by atoms with Crippen LogP contribution in [0.15, 0.2) is 35.9 Å². The standard InChI is InChI=1S/C13H17NO3/c1-10(13(15)16)4-3-9-14-11-5-7-12(17-2)8-6-11/h4-8,14H,3,9H2,1-2H3,(H,15,16)/b10-4+. The second kappa shape index (κ2) is 6.58. The third kappa shape index (κ3) is 4.59. The molecule has 0 atom stereocenters. The lowest BCUT2D eigenvalue weighted by Gasteiger charge is -2.05. The topological polar surface area (TPSA) is 58.6 Å². The number of methoxy groups -OCH3 is 1. The van der Waals surface area contributed by atoms with Gasteiger partial charge >= 0.3 is 5.97 Å². The van der Waals surface area contributed by atoms with Crippen molar-refractivity contribution < 1.29 is 14.6 Å². The second-order valence-electron chi connectivity index (χ2n) is 3.64. The van der Waals surface area contributed by atoms with Gasteiger partial charge in [0.2, 0.25) is 0 Å². The summed E-state index contributed by atoms with van der Waals surface area (Å²) in [7, 11) is 1.63. The van der Waals surface area contributed by atoms with E-state index in [9.17, 15) is 4.79 Å². The lowest BCUT2D eigenvalue weighted by molar-refractivity contribution is -0.132. The maximum Gasteiger partial charge on any atom is 0.330 e. The van der Waals surface area contributed by atoms with Crippen LogP contribution in [-0.4, -0.2) is 24.7 Å². The van der Waals surface area contributed by atoms with Crippen molar-refractivity contribution in [3.63, 3.8) is 0 Å². The molecule has 0 radical (unpaired) electrons. The summed E-state index contributed by atoms with van der Waals surface area (Å²) in [6, 6.07) is 7.60. The third-order valence-corrected chi connectivity index (χ3v) is 2.35. The van der Waals surface area contributed by atoms with Crippen LogP contribution in [0, 0.1) is 0 Å². The van der Waals surface area contributed by atoms with Crippen LogP contribution in [0.5, 0.6) is 5.75 Å². The fraction of sp³-hybridized carbons (Fsp3) is 0.308. The Morgan fingerprint density at radius 1 is 1.41 bits per heavy atom. The van der Waals surface area contributed by atoms with E-state index in [1.165, 1.54) is 0 Å². The molecule has 0 amide bonds. The zero-order valence-corrected chi connectivity index (χ0v) is 10.1. The summed E-state index contributed by atoms with van der Waals surface area (Å²) in [5.74, 6) is -0.0494. The molecule has 1 rings (SSSR count). The number of hydrogen-bond acceptors (Lipinski definition) is 3. The van der Waals surface area contributed by atoms with Gasteiger partial charge in [0.05, 0.1) is 7.11 Å². The molecule has 0 saturated heterocycles. The van der Waals surface area contributed by atoms with Crippen molar-refractivity contribution >= 4 is 11.7 Å². The van der Waals surface area contributed by atoms with Crippen LogP contribution in [0.2, 0.25) is 0 Å². The molecule has 0 aliphatic rings. The molecule has 0 aliphatic carbocycles. The molecule has 17 heavy (non-hydrogen) atoms. The van der Waals surface area contributed by atoms with Crippen molar-refractivity contribution in [2.24, 2.45) is 0 Å². The lowest BCUT2D eigenvalue weighted by Crippen LogP contribution is -2.02. The predicted octanol–water partition coefficient (Wildman–Crippen LogP) is 2.53. The molecule has 0 fully saturated rings. The van der Waals surface area contributed by atoms with Crippen molar-refractivity contribution in [3.8, 4) is 5.75 Å². The van der Waals surface area contributed by atoms with E-state index in [0.717, 1.165) is 11.4 Å². The third-order valence-electron chi connectivity index (χ3n) is 2.35. The van der Waals surface area contributed by atoms with Crippen LogP contribution >= 0.6 is 0 Å². The van der Waals surface area contributed by atoms with Crippen LogP contribution in [0.3, 0.4) is 0 Å². The highest BCUT2D eigenvalue weighted by molar-refractivity contribution is 5.85. The normalized spacial score (nSPS) is 11.1. The van der Waals surface area contributed by atoms with Gasteiger partial charge in [0.1, 0.15) is 5.75 Å². The average molecular weight is 235 g/mol. The molecule has 0 saturated carbocycles. The zero-order valence-electron chi connectivity index (χ0n) is 10.1. The molecular weight excluding hydrogens is 218 g/mol. The highest BCUT2D eigenvalue weighted by atomic mass is 16.5. The number of benzene rings is 1. The fourth-order valence-electron chi connectivity index (χ4n) is 1.30. The predicted molar refractivity (Wildman–Crippen MR) is 67.5 cm³/mol. The number of hydrogen-bond donors (Lipinski definition) is 2. The van der Waals surface area contributed by atoms with Crippen LogP contribution < -0.4 is 10.1 Å². The molecular formula is C13H17NO3. The molecule has 4 heteroatoms. The van der Waals surface area contributed by atoms with Crippen molar-refractivity contribution in [3.05, 3.63) is 35.9 Å². The smallest absolute Gasteiger partial charge is 0.330 e. The van der Waals surface area contributed by atoms with E-state index in [1.807, 2.05) is 24.3 Å². The molecule has 0 aromatic heterocycles. The Bertz CT molecular complexity index is 396. The maximum absolute atomic E-state index is 10.5. The first-order chi connectivity index (χ1) is 8.13. The highest BCUT2D eigenvalue weighted by Gasteiger charge is 1.98. The molecule has 1 aromatic carbocycles. The Morgan fingerprint density at radius 3 is 2.59 bits per heavy atom. The van der Waals surface area contributed by atoms with E-state index in [0.29, 0.717) is 18.5 Å². The molecule has 0 aliphatic heterocycles. The minimum Gasteiger partial charge on any atom is -0.497 e. The zero-order chi connectivity index (χ0) is 12.7. The second-order valence-corrected chi connectivity index (χ2v) is 3.64. The first kappa shape index (κ1) is 13.1. The Labute approximate surface area is 101 Å². The number of ether oxygens (including phenoxy) is 1. The first-order valence-electron chi connectivity index (χ1n) is 5.41. The summed E-state index contributed by atoms with van der Waals surface area (Å²) in [4.78, 5) is 10.5. The van der Waals surface area contributed by atoms with Gasteiger partial charge in [-0.2, -0.15) is 0 Å². The van der Waals surface area contributed by atoms with Gasteiger partial charge < -0.3 is 15.2 Å². The molecule has 4 nitrogen and oxygen atoms in total. The van der Waals surface area contributed by atoms with Gasteiger partial charge in [-0.15, -0.1) is 0 Å². The molecule has 0 unspecified atom stereocenters. The number of aliphatic carboxylic acids is 1. The summed E-state index contributed by atoms with van der Waals surface area (Å²) < 4.78 is 5.05. The van der Waals surface area contributed by atoms with E-state index in [4.69, 9.17) is 9.84 Å². The van der Waals surface area contributed by atoms with Crippen LogP contribution in [0.25, 0.3) is 0 Å². The van der Waals surface area contributed by atoms with Gasteiger partial charge in [0.15, 0.2) is 0 Å². The van der Waals surface area contributed by atoms with Gasteiger partial charge in [-0.1, -0.05) is 6.08 Å². The number of anilines is 1. The van der Waals surface area contributed by atoms with E-state index >= 15 is 0 Å². The van der Waals surface area contributed by atoms with Gasteiger partial charge in [0, 0.05) is 17.8 Å².